The smallest absolute Gasteiger partial charge is 0.399 e. The van der Waals surface area contributed by atoms with Gasteiger partial charge in [-0.3, -0.25) is 0 Å². The first-order valence-electron chi connectivity index (χ1n) is 8.53. The van der Waals surface area contributed by atoms with Gasteiger partial charge in [0.1, 0.15) is 24.4 Å². The van der Waals surface area contributed by atoms with E-state index in [4.69, 9.17) is 21.9 Å². The molecule has 154 valence electrons. The fraction of sp³-hybridized carbons (Fsp3) is 0.250. The Kier molecular flexibility index (Phi) is 7.72. The third-order valence-corrected chi connectivity index (χ3v) is 4.32. The van der Waals surface area contributed by atoms with Crippen LogP contribution in [0.5, 0.6) is 0 Å². The van der Waals surface area contributed by atoms with Crippen molar-refractivity contribution in [2.75, 3.05) is 14.2 Å². The number of nitrogens with one attached hydrogen (secondary N) is 1. The average Bonchev–Trinajstić information content (AvgIpc) is 2.71. The molecule has 0 spiro atoms. The summed E-state index contributed by atoms with van der Waals surface area (Å²) in [5.41, 5.74) is 1.78. The van der Waals surface area contributed by atoms with E-state index in [0.29, 0.717) is 27.5 Å². The molecule has 2 aromatic rings. The van der Waals surface area contributed by atoms with Crippen molar-refractivity contribution in [3.8, 4) is 0 Å². The lowest BCUT2D eigenvalue weighted by Crippen LogP contribution is -2.27. The second-order valence-electron chi connectivity index (χ2n) is 5.89. The predicted octanol–water partition coefficient (Wildman–Crippen LogP) is 4.54. The quantitative estimate of drug-likeness (QED) is 0.404. The molecule has 0 saturated heterocycles. The third-order valence-electron chi connectivity index (χ3n) is 3.93. The molecule has 1 N–H and O–H groups in total. The van der Waals surface area contributed by atoms with Crippen LogP contribution in [0.4, 0.5) is 13.2 Å². The number of thiocarbonyl (C=S) groups is 1. The SMILES string of the molecule is CNC(=S)C(=NOC)c1ccccc1CON=C(C)c1cccc(C(F)(F)F)c1. The summed E-state index contributed by atoms with van der Waals surface area (Å²) in [6, 6.07) is 12.2. The molecule has 0 bridgehead atoms. The molecule has 0 atom stereocenters. The topological polar surface area (TPSA) is 55.2 Å². The lowest BCUT2D eigenvalue weighted by atomic mass is 10.0. The van der Waals surface area contributed by atoms with Gasteiger partial charge in [-0.1, -0.05) is 58.9 Å². The van der Waals surface area contributed by atoms with Gasteiger partial charge < -0.3 is 15.0 Å². The zero-order valence-corrected chi connectivity index (χ0v) is 16.9. The maximum absolute atomic E-state index is 12.9. The number of halogens is 3. The molecule has 0 amide bonds. The Morgan fingerprint density at radius 3 is 2.48 bits per heavy atom. The maximum Gasteiger partial charge on any atom is 0.416 e. The van der Waals surface area contributed by atoms with Crippen LogP contribution in [0.2, 0.25) is 0 Å². The summed E-state index contributed by atoms with van der Waals surface area (Å²) in [7, 11) is 3.09. The van der Waals surface area contributed by atoms with Crippen molar-refractivity contribution >= 4 is 28.6 Å². The lowest BCUT2D eigenvalue weighted by Gasteiger charge is -2.12. The fourth-order valence-electron chi connectivity index (χ4n) is 2.47. The first-order valence-corrected chi connectivity index (χ1v) is 8.94. The molecule has 5 nitrogen and oxygen atoms in total. The van der Waals surface area contributed by atoms with E-state index >= 15 is 0 Å². The molecule has 0 aliphatic heterocycles. The van der Waals surface area contributed by atoms with Crippen molar-refractivity contribution in [3.63, 3.8) is 0 Å². The van der Waals surface area contributed by atoms with E-state index in [1.54, 1.807) is 20.0 Å². The molecule has 29 heavy (non-hydrogen) atoms. The van der Waals surface area contributed by atoms with Gasteiger partial charge in [0.2, 0.25) is 0 Å². The van der Waals surface area contributed by atoms with Gasteiger partial charge >= 0.3 is 6.18 Å². The van der Waals surface area contributed by atoms with Crippen molar-refractivity contribution in [3.05, 3.63) is 70.8 Å². The van der Waals surface area contributed by atoms with Crippen LogP contribution in [0, 0.1) is 0 Å². The summed E-state index contributed by atoms with van der Waals surface area (Å²) >= 11 is 5.26. The average molecular weight is 423 g/mol. The first-order chi connectivity index (χ1) is 13.8. The van der Waals surface area contributed by atoms with Crippen LogP contribution >= 0.6 is 12.2 Å². The van der Waals surface area contributed by atoms with E-state index in [1.807, 2.05) is 24.3 Å². The molecule has 0 fully saturated rings. The van der Waals surface area contributed by atoms with Gasteiger partial charge in [0, 0.05) is 18.2 Å². The minimum absolute atomic E-state index is 0.0710. The van der Waals surface area contributed by atoms with Gasteiger partial charge in [0.05, 0.1) is 11.3 Å². The molecule has 0 heterocycles. The molecule has 0 unspecified atom stereocenters. The standard InChI is InChI=1S/C20H20F3N3O2S/c1-13(14-8-6-9-16(11-14)20(21,22)23)25-28-12-15-7-4-5-10-17(15)18(26-27-3)19(29)24-2/h4-11H,12H2,1-3H3,(H,24,29). The van der Waals surface area contributed by atoms with Crippen LogP contribution in [-0.4, -0.2) is 30.6 Å². The van der Waals surface area contributed by atoms with Crippen molar-refractivity contribution in [1.29, 1.82) is 0 Å². The molecule has 0 saturated carbocycles. The summed E-state index contributed by atoms with van der Waals surface area (Å²) in [5, 5.41) is 10.8. The van der Waals surface area contributed by atoms with Crippen molar-refractivity contribution in [1.82, 2.24) is 5.32 Å². The predicted molar refractivity (Wildman–Crippen MR) is 110 cm³/mol. The normalized spacial score (nSPS) is 12.5. The molecule has 0 aliphatic carbocycles. The van der Waals surface area contributed by atoms with Crippen LogP contribution in [0.3, 0.4) is 0 Å². The van der Waals surface area contributed by atoms with Crippen LogP contribution in [0.25, 0.3) is 0 Å². The Morgan fingerprint density at radius 1 is 1.10 bits per heavy atom. The number of hydrogen-bond donors (Lipinski definition) is 1. The Balaban J connectivity index is 2.21. The molecule has 0 aromatic heterocycles. The van der Waals surface area contributed by atoms with Crippen LogP contribution in [0.1, 0.15) is 29.2 Å². The van der Waals surface area contributed by atoms with E-state index < -0.39 is 11.7 Å². The third kappa shape index (κ3) is 6.02. The van der Waals surface area contributed by atoms with Gasteiger partial charge in [-0.15, -0.1) is 0 Å². The van der Waals surface area contributed by atoms with Crippen molar-refractivity contribution < 1.29 is 22.8 Å². The summed E-state index contributed by atoms with van der Waals surface area (Å²) in [6.45, 7) is 1.65. The maximum atomic E-state index is 12.9. The summed E-state index contributed by atoms with van der Waals surface area (Å²) < 4.78 is 38.6. The number of nitrogens with zero attached hydrogens (tertiary/aromatic N) is 2. The highest BCUT2D eigenvalue weighted by Gasteiger charge is 2.30. The van der Waals surface area contributed by atoms with E-state index in [2.05, 4.69) is 15.6 Å². The molecule has 2 aromatic carbocycles. The van der Waals surface area contributed by atoms with E-state index in [9.17, 15) is 13.2 Å². The van der Waals surface area contributed by atoms with E-state index in [1.165, 1.54) is 13.2 Å². The summed E-state index contributed by atoms with van der Waals surface area (Å²) in [4.78, 5) is 10.7. The molecular weight excluding hydrogens is 403 g/mol. The Bertz CT molecular complexity index is 927. The van der Waals surface area contributed by atoms with Gasteiger partial charge in [0.25, 0.3) is 0 Å². The zero-order chi connectivity index (χ0) is 21.4. The van der Waals surface area contributed by atoms with E-state index in [0.717, 1.165) is 17.7 Å². The van der Waals surface area contributed by atoms with Crippen molar-refractivity contribution in [2.45, 2.75) is 19.7 Å². The van der Waals surface area contributed by atoms with Crippen LogP contribution < -0.4 is 5.32 Å². The highest BCUT2D eigenvalue weighted by Crippen LogP contribution is 2.29. The van der Waals surface area contributed by atoms with Gasteiger partial charge in [0.15, 0.2) is 0 Å². The highest BCUT2D eigenvalue weighted by atomic mass is 32.1. The molecule has 9 heteroatoms. The summed E-state index contributed by atoms with van der Waals surface area (Å²) in [6.07, 6.45) is -4.42. The number of hydrogen-bond acceptors (Lipinski definition) is 5. The second-order valence-corrected chi connectivity index (χ2v) is 6.30. The largest absolute Gasteiger partial charge is 0.416 e. The van der Waals surface area contributed by atoms with E-state index in [-0.39, 0.29) is 6.61 Å². The van der Waals surface area contributed by atoms with Gasteiger partial charge in [-0.05, 0) is 24.6 Å². The molecular formula is C20H20F3N3O2S. The highest BCUT2D eigenvalue weighted by molar-refractivity contribution is 7.82. The second kappa shape index (κ2) is 10.0. The number of likely N-dealkylation sites (N-methyl/N-ethyl adjacent to an activating group) is 1. The zero-order valence-electron chi connectivity index (χ0n) is 16.1. The first kappa shape index (κ1) is 22.4. The minimum atomic E-state index is -4.42. The number of benzene rings is 2. The van der Waals surface area contributed by atoms with Gasteiger partial charge in [-0.2, -0.15) is 13.2 Å². The molecule has 2 rings (SSSR count). The Hall–Kier alpha value is -2.94. The number of rotatable bonds is 7. The Morgan fingerprint density at radius 2 is 1.83 bits per heavy atom. The number of oxime groups is 2. The monoisotopic (exact) mass is 423 g/mol. The molecule has 0 radical (unpaired) electrons. The minimum Gasteiger partial charge on any atom is -0.399 e. The van der Waals surface area contributed by atoms with Crippen LogP contribution in [0.15, 0.2) is 58.8 Å². The molecule has 0 aliphatic rings. The van der Waals surface area contributed by atoms with Crippen LogP contribution in [-0.2, 0) is 22.5 Å². The van der Waals surface area contributed by atoms with Crippen molar-refractivity contribution in [2.24, 2.45) is 10.3 Å². The Labute approximate surface area is 172 Å². The lowest BCUT2D eigenvalue weighted by molar-refractivity contribution is -0.137. The summed E-state index contributed by atoms with van der Waals surface area (Å²) in [5.74, 6) is 0. The van der Waals surface area contributed by atoms with Gasteiger partial charge in [-0.25, -0.2) is 0 Å². The number of alkyl halides is 3. The fourth-order valence-corrected chi connectivity index (χ4v) is 2.62.